The van der Waals surface area contributed by atoms with Gasteiger partial charge >= 0.3 is 0 Å². The molecule has 2 aromatic rings. The Balaban J connectivity index is 1.28. The Kier molecular flexibility index (Phi) is 4.19. The van der Waals surface area contributed by atoms with Crippen LogP contribution in [0.4, 0.5) is 0 Å². The van der Waals surface area contributed by atoms with Gasteiger partial charge in [0.2, 0.25) is 0 Å². The summed E-state index contributed by atoms with van der Waals surface area (Å²) in [5.74, 6) is 1.73. The summed E-state index contributed by atoms with van der Waals surface area (Å²) in [6, 6.07) is 3.64. The van der Waals surface area contributed by atoms with E-state index in [1.54, 1.807) is 29.5 Å². The number of carbonyl (C=O) groups is 1. The van der Waals surface area contributed by atoms with Crippen LogP contribution < -0.4 is 0 Å². The van der Waals surface area contributed by atoms with E-state index < -0.39 is 0 Å². The minimum absolute atomic E-state index is 0.114. The molecule has 1 amide bonds. The Bertz CT molecular complexity index is 818. The molecule has 5 rings (SSSR count). The van der Waals surface area contributed by atoms with Crippen molar-refractivity contribution in [1.82, 2.24) is 29.5 Å². The van der Waals surface area contributed by atoms with Gasteiger partial charge in [-0.1, -0.05) is 0 Å². The molecule has 1 atom stereocenters. The van der Waals surface area contributed by atoms with Crippen molar-refractivity contribution in [2.75, 3.05) is 32.7 Å². The van der Waals surface area contributed by atoms with Gasteiger partial charge in [-0.2, -0.15) is 0 Å². The van der Waals surface area contributed by atoms with Gasteiger partial charge in [0.15, 0.2) is 0 Å². The van der Waals surface area contributed by atoms with Crippen molar-refractivity contribution in [2.45, 2.75) is 32.1 Å². The maximum absolute atomic E-state index is 13.1. The third-order valence-electron chi connectivity index (χ3n) is 6.36. The van der Waals surface area contributed by atoms with Gasteiger partial charge in [-0.25, -0.2) is 4.98 Å². The number of pyridine rings is 1. The van der Waals surface area contributed by atoms with Gasteiger partial charge < -0.3 is 9.80 Å². The van der Waals surface area contributed by atoms with Gasteiger partial charge in [-0.05, 0) is 56.7 Å². The second-order valence-corrected chi connectivity index (χ2v) is 8.53. The summed E-state index contributed by atoms with van der Waals surface area (Å²) in [6.07, 6.45) is 11.3. The summed E-state index contributed by atoms with van der Waals surface area (Å²) in [6.45, 7) is 5.41. The highest BCUT2D eigenvalue weighted by Crippen LogP contribution is 2.41. The standard InChI is InChI=1S/C20H26N6O/c27-19(17-4-7-21-18(10-17)26-14-22-23-15-26)25-9-6-20(13-25)5-1-8-24(12-20)11-16-2-3-16/h4,7,10,14-16H,1-3,5-6,8-9,11-13H2/t20-/m1/s1. The first kappa shape index (κ1) is 16.9. The fraction of sp³-hybridized carbons (Fsp3) is 0.600. The predicted octanol–water partition coefficient (Wildman–Crippen LogP) is 2.00. The molecular formula is C20H26N6O. The van der Waals surface area contributed by atoms with Crippen LogP contribution in [0, 0.1) is 11.3 Å². The van der Waals surface area contributed by atoms with Crippen molar-refractivity contribution in [1.29, 1.82) is 0 Å². The molecule has 4 heterocycles. The molecule has 0 N–H and O–H groups in total. The van der Waals surface area contributed by atoms with Gasteiger partial charge in [-0.3, -0.25) is 9.36 Å². The first-order valence-corrected chi connectivity index (χ1v) is 10.0. The van der Waals surface area contributed by atoms with Crippen molar-refractivity contribution in [2.24, 2.45) is 11.3 Å². The summed E-state index contributed by atoms with van der Waals surface area (Å²) < 4.78 is 1.72. The molecule has 7 nitrogen and oxygen atoms in total. The van der Waals surface area contributed by atoms with Gasteiger partial charge in [-0.15, -0.1) is 10.2 Å². The molecule has 0 bridgehead atoms. The number of amides is 1. The molecule has 2 saturated heterocycles. The minimum atomic E-state index is 0.114. The van der Waals surface area contributed by atoms with Crippen LogP contribution in [0.15, 0.2) is 31.0 Å². The van der Waals surface area contributed by atoms with E-state index >= 15 is 0 Å². The van der Waals surface area contributed by atoms with Crippen molar-refractivity contribution >= 4 is 5.91 Å². The number of carbonyl (C=O) groups excluding carboxylic acids is 1. The van der Waals surface area contributed by atoms with Crippen molar-refractivity contribution < 1.29 is 4.79 Å². The molecule has 0 unspecified atom stereocenters. The van der Waals surface area contributed by atoms with Crippen LogP contribution in [0.2, 0.25) is 0 Å². The molecule has 142 valence electrons. The third-order valence-corrected chi connectivity index (χ3v) is 6.36. The van der Waals surface area contributed by atoms with Crippen LogP contribution in [-0.4, -0.2) is 68.2 Å². The highest BCUT2D eigenvalue weighted by Gasteiger charge is 2.43. The molecule has 0 radical (unpaired) electrons. The number of hydrogen-bond donors (Lipinski definition) is 0. The summed E-state index contributed by atoms with van der Waals surface area (Å²) in [5, 5.41) is 7.62. The molecule has 1 spiro atoms. The third kappa shape index (κ3) is 3.48. The number of rotatable bonds is 4. The Morgan fingerprint density at radius 3 is 2.81 bits per heavy atom. The van der Waals surface area contributed by atoms with Gasteiger partial charge in [0, 0.05) is 43.4 Å². The summed E-state index contributed by atoms with van der Waals surface area (Å²) in [5.41, 5.74) is 0.990. The molecule has 1 aliphatic carbocycles. The normalized spacial score (nSPS) is 26.0. The van der Waals surface area contributed by atoms with E-state index in [9.17, 15) is 4.79 Å². The van der Waals surface area contributed by atoms with Crippen LogP contribution in [0.25, 0.3) is 5.82 Å². The molecule has 7 heteroatoms. The Hall–Kier alpha value is -2.28. The number of nitrogens with zero attached hydrogens (tertiary/aromatic N) is 6. The highest BCUT2D eigenvalue weighted by atomic mass is 16.2. The molecule has 0 aromatic carbocycles. The largest absolute Gasteiger partial charge is 0.338 e. The van der Waals surface area contributed by atoms with E-state index in [1.807, 2.05) is 11.0 Å². The highest BCUT2D eigenvalue weighted by molar-refractivity contribution is 5.94. The van der Waals surface area contributed by atoms with E-state index in [-0.39, 0.29) is 5.91 Å². The van der Waals surface area contributed by atoms with E-state index in [4.69, 9.17) is 0 Å². The molecular weight excluding hydrogens is 340 g/mol. The zero-order valence-electron chi connectivity index (χ0n) is 15.6. The van der Waals surface area contributed by atoms with Gasteiger partial charge in [0.05, 0.1) is 0 Å². The molecule has 2 aliphatic heterocycles. The lowest BCUT2D eigenvalue weighted by atomic mass is 9.79. The second kappa shape index (κ2) is 6.71. The lowest BCUT2D eigenvalue weighted by Gasteiger charge is -2.40. The molecule has 27 heavy (non-hydrogen) atoms. The SMILES string of the molecule is O=C(c1ccnc(-n2cnnc2)c1)N1CC[C@@]2(CCCN(CC3CC3)C2)C1. The van der Waals surface area contributed by atoms with Gasteiger partial charge in [0.25, 0.3) is 5.91 Å². The molecule has 3 fully saturated rings. The second-order valence-electron chi connectivity index (χ2n) is 8.53. The van der Waals surface area contributed by atoms with Crippen LogP contribution in [0.5, 0.6) is 0 Å². The molecule has 1 saturated carbocycles. The average molecular weight is 366 g/mol. The first-order valence-electron chi connectivity index (χ1n) is 10.0. The van der Waals surface area contributed by atoms with Crippen LogP contribution in [-0.2, 0) is 0 Å². The number of aromatic nitrogens is 4. The fourth-order valence-corrected chi connectivity index (χ4v) is 4.77. The molecule has 3 aliphatic rings. The monoisotopic (exact) mass is 366 g/mol. The average Bonchev–Trinajstić information content (AvgIpc) is 3.18. The van der Waals surface area contributed by atoms with Crippen LogP contribution in [0.1, 0.15) is 42.5 Å². The zero-order chi connectivity index (χ0) is 18.3. The predicted molar refractivity (Wildman–Crippen MR) is 101 cm³/mol. The minimum Gasteiger partial charge on any atom is -0.338 e. The quantitative estimate of drug-likeness (QED) is 0.828. The Morgan fingerprint density at radius 2 is 2.00 bits per heavy atom. The topological polar surface area (TPSA) is 67.2 Å². The lowest BCUT2D eigenvalue weighted by Crippen LogP contribution is -2.46. The fourth-order valence-electron chi connectivity index (χ4n) is 4.77. The van der Waals surface area contributed by atoms with E-state index in [0.29, 0.717) is 16.8 Å². The summed E-state index contributed by atoms with van der Waals surface area (Å²) in [4.78, 5) is 22.1. The maximum atomic E-state index is 13.1. The number of likely N-dealkylation sites (tertiary alicyclic amines) is 2. The van der Waals surface area contributed by atoms with Crippen molar-refractivity contribution in [3.63, 3.8) is 0 Å². The smallest absolute Gasteiger partial charge is 0.254 e. The summed E-state index contributed by atoms with van der Waals surface area (Å²) in [7, 11) is 0. The van der Waals surface area contributed by atoms with E-state index in [0.717, 1.165) is 32.0 Å². The van der Waals surface area contributed by atoms with E-state index in [2.05, 4.69) is 20.1 Å². The lowest BCUT2D eigenvalue weighted by molar-refractivity contribution is 0.0681. The van der Waals surface area contributed by atoms with Crippen molar-refractivity contribution in [3.8, 4) is 5.82 Å². The van der Waals surface area contributed by atoms with Crippen LogP contribution >= 0.6 is 0 Å². The molecule has 2 aromatic heterocycles. The summed E-state index contributed by atoms with van der Waals surface area (Å²) >= 11 is 0. The van der Waals surface area contributed by atoms with Crippen LogP contribution in [0.3, 0.4) is 0 Å². The first-order chi connectivity index (χ1) is 13.2. The van der Waals surface area contributed by atoms with Crippen molar-refractivity contribution in [3.05, 3.63) is 36.5 Å². The number of hydrogen-bond acceptors (Lipinski definition) is 5. The Morgan fingerprint density at radius 1 is 1.15 bits per heavy atom. The Labute approximate surface area is 159 Å². The maximum Gasteiger partial charge on any atom is 0.254 e. The number of piperidine rings is 1. The zero-order valence-corrected chi connectivity index (χ0v) is 15.6. The van der Waals surface area contributed by atoms with E-state index in [1.165, 1.54) is 38.8 Å². The van der Waals surface area contributed by atoms with Gasteiger partial charge in [0.1, 0.15) is 18.5 Å².